The van der Waals surface area contributed by atoms with Gasteiger partial charge < -0.3 is 5.32 Å². The van der Waals surface area contributed by atoms with Crippen LogP contribution in [0.2, 0.25) is 5.15 Å². The Morgan fingerprint density at radius 1 is 1.43 bits per heavy atom. The number of benzene rings is 1. The number of nitrogens with zero attached hydrogens (tertiary/aromatic N) is 2. The first kappa shape index (κ1) is 14.9. The van der Waals surface area contributed by atoms with E-state index in [4.69, 9.17) is 11.6 Å². The molecule has 7 heteroatoms. The van der Waals surface area contributed by atoms with E-state index < -0.39 is 4.92 Å². The van der Waals surface area contributed by atoms with Gasteiger partial charge in [0.15, 0.2) is 0 Å². The van der Waals surface area contributed by atoms with Gasteiger partial charge in [0.25, 0.3) is 5.69 Å². The molecular weight excluding hydrogens is 294 g/mol. The van der Waals surface area contributed by atoms with Crippen LogP contribution < -0.4 is 5.32 Å². The number of aryl methyl sites for hydroxylation is 1. The second-order valence-corrected chi connectivity index (χ2v) is 4.84. The smallest absolute Gasteiger partial charge is 0.269 e. The topological polar surface area (TPSA) is 85.1 Å². The third kappa shape index (κ3) is 4.00. The fourth-order valence-corrected chi connectivity index (χ4v) is 1.90. The van der Waals surface area contributed by atoms with Gasteiger partial charge in [-0.05, 0) is 24.1 Å². The van der Waals surface area contributed by atoms with Gasteiger partial charge in [-0.15, -0.1) is 0 Å². The number of non-ortho nitro benzene ring substituents is 1. The second kappa shape index (κ2) is 6.32. The number of nitro groups is 1. The average molecular weight is 306 g/mol. The number of rotatable bonds is 4. The predicted octanol–water partition coefficient (Wildman–Crippen LogP) is 3.13. The Balaban J connectivity index is 2.06. The van der Waals surface area contributed by atoms with Crippen LogP contribution in [0.3, 0.4) is 0 Å². The highest BCUT2D eigenvalue weighted by molar-refractivity contribution is 6.30. The fourth-order valence-electron chi connectivity index (χ4n) is 1.80. The first-order chi connectivity index (χ1) is 9.95. The number of halogens is 1. The zero-order chi connectivity index (χ0) is 15.4. The SMILES string of the molecule is Cc1cc(NC(=O)Cc2cccc([N+](=O)[O-])c2)cnc1Cl. The number of anilines is 1. The summed E-state index contributed by atoms with van der Waals surface area (Å²) in [7, 11) is 0. The molecule has 0 saturated heterocycles. The van der Waals surface area contributed by atoms with E-state index >= 15 is 0 Å². The van der Waals surface area contributed by atoms with Gasteiger partial charge >= 0.3 is 0 Å². The van der Waals surface area contributed by atoms with E-state index in [-0.39, 0.29) is 18.0 Å². The van der Waals surface area contributed by atoms with E-state index in [1.165, 1.54) is 18.3 Å². The third-order valence-corrected chi connectivity index (χ3v) is 3.18. The van der Waals surface area contributed by atoms with E-state index in [9.17, 15) is 14.9 Å². The highest BCUT2D eigenvalue weighted by Gasteiger charge is 2.10. The Morgan fingerprint density at radius 3 is 2.86 bits per heavy atom. The van der Waals surface area contributed by atoms with Crippen molar-refractivity contribution >= 4 is 28.9 Å². The molecule has 21 heavy (non-hydrogen) atoms. The summed E-state index contributed by atoms with van der Waals surface area (Å²) in [5.41, 5.74) is 1.82. The van der Waals surface area contributed by atoms with Crippen molar-refractivity contribution in [3.63, 3.8) is 0 Å². The van der Waals surface area contributed by atoms with Crippen LogP contribution in [-0.2, 0) is 11.2 Å². The number of carbonyl (C=O) groups excluding carboxylic acids is 1. The summed E-state index contributed by atoms with van der Waals surface area (Å²) in [6, 6.07) is 7.69. The maximum absolute atomic E-state index is 11.9. The predicted molar refractivity (Wildman–Crippen MR) is 79.4 cm³/mol. The monoisotopic (exact) mass is 305 g/mol. The van der Waals surface area contributed by atoms with E-state index in [0.717, 1.165) is 5.56 Å². The summed E-state index contributed by atoms with van der Waals surface area (Å²) < 4.78 is 0. The number of aromatic nitrogens is 1. The van der Waals surface area contributed by atoms with Crippen LogP contribution in [0.15, 0.2) is 36.5 Å². The van der Waals surface area contributed by atoms with E-state index in [2.05, 4.69) is 10.3 Å². The Kier molecular flexibility index (Phi) is 4.49. The lowest BCUT2D eigenvalue weighted by atomic mass is 10.1. The van der Waals surface area contributed by atoms with Gasteiger partial charge in [0, 0.05) is 12.1 Å². The highest BCUT2D eigenvalue weighted by Crippen LogP contribution is 2.17. The Labute approximate surface area is 125 Å². The maximum Gasteiger partial charge on any atom is 0.269 e. The molecule has 0 unspecified atom stereocenters. The van der Waals surface area contributed by atoms with Crippen molar-refractivity contribution in [2.75, 3.05) is 5.32 Å². The minimum atomic E-state index is -0.492. The lowest BCUT2D eigenvalue weighted by molar-refractivity contribution is -0.384. The van der Waals surface area contributed by atoms with E-state index in [1.54, 1.807) is 25.1 Å². The largest absolute Gasteiger partial charge is 0.324 e. The second-order valence-electron chi connectivity index (χ2n) is 4.48. The number of hydrogen-bond donors (Lipinski definition) is 1. The number of amides is 1. The number of pyridine rings is 1. The lowest BCUT2D eigenvalue weighted by Gasteiger charge is -2.06. The molecule has 2 aromatic rings. The Bertz CT molecular complexity index is 704. The summed E-state index contributed by atoms with van der Waals surface area (Å²) >= 11 is 5.81. The zero-order valence-electron chi connectivity index (χ0n) is 11.2. The first-order valence-electron chi connectivity index (χ1n) is 6.11. The van der Waals surface area contributed by atoms with Crippen molar-refractivity contribution < 1.29 is 9.72 Å². The van der Waals surface area contributed by atoms with Crippen LogP contribution in [-0.4, -0.2) is 15.8 Å². The fraction of sp³-hybridized carbons (Fsp3) is 0.143. The van der Waals surface area contributed by atoms with Crippen molar-refractivity contribution in [1.29, 1.82) is 0 Å². The van der Waals surface area contributed by atoms with Gasteiger partial charge in [0.05, 0.1) is 23.2 Å². The quantitative estimate of drug-likeness (QED) is 0.534. The molecule has 0 fully saturated rings. The molecule has 0 bridgehead atoms. The molecule has 108 valence electrons. The molecule has 6 nitrogen and oxygen atoms in total. The molecule has 0 aliphatic carbocycles. The molecular formula is C14H12ClN3O3. The normalized spacial score (nSPS) is 10.2. The third-order valence-electron chi connectivity index (χ3n) is 2.78. The first-order valence-corrected chi connectivity index (χ1v) is 6.49. The molecule has 1 amide bonds. The summed E-state index contributed by atoms with van der Waals surface area (Å²) in [6.45, 7) is 1.78. The highest BCUT2D eigenvalue weighted by atomic mass is 35.5. The van der Waals surface area contributed by atoms with E-state index in [0.29, 0.717) is 16.4 Å². The van der Waals surface area contributed by atoms with Crippen LogP contribution >= 0.6 is 11.6 Å². The molecule has 1 aromatic carbocycles. The molecule has 0 saturated carbocycles. The van der Waals surface area contributed by atoms with Crippen LogP contribution in [0.4, 0.5) is 11.4 Å². The molecule has 0 aliphatic rings. The standard InChI is InChI=1S/C14H12ClN3O3/c1-9-5-11(8-16-14(9)15)17-13(19)7-10-3-2-4-12(6-10)18(20)21/h2-6,8H,7H2,1H3,(H,17,19). The van der Waals surface area contributed by atoms with Crippen molar-refractivity contribution in [2.45, 2.75) is 13.3 Å². The van der Waals surface area contributed by atoms with Crippen LogP contribution in [0, 0.1) is 17.0 Å². The summed E-state index contributed by atoms with van der Waals surface area (Å²) in [4.78, 5) is 26.0. The van der Waals surface area contributed by atoms with Crippen molar-refractivity contribution in [2.24, 2.45) is 0 Å². The van der Waals surface area contributed by atoms with Crippen molar-refractivity contribution in [3.05, 3.63) is 62.9 Å². The van der Waals surface area contributed by atoms with Gasteiger partial charge in [-0.2, -0.15) is 0 Å². The molecule has 1 heterocycles. The summed E-state index contributed by atoms with van der Waals surface area (Å²) in [5, 5.41) is 13.7. The van der Waals surface area contributed by atoms with Gasteiger partial charge in [0.2, 0.25) is 5.91 Å². The van der Waals surface area contributed by atoms with Gasteiger partial charge in [-0.3, -0.25) is 14.9 Å². The molecule has 0 spiro atoms. The van der Waals surface area contributed by atoms with Crippen LogP contribution in [0.1, 0.15) is 11.1 Å². The summed E-state index contributed by atoms with van der Waals surface area (Å²) in [6.07, 6.45) is 1.50. The molecule has 0 aliphatic heterocycles. The number of carbonyl (C=O) groups is 1. The number of nitro benzene ring substituents is 1. The van der Waals surface area contributed by atoms with Gasteiger partial charge in [-0.25, -0.2) is 4.98 Å². The Hall–Kier alpha value is -2.47. The number of nitrogens with one attached hydrogen (secondary N) is 1. The molecule has 0 atom stereocenters. The minimum Gasteiger partial charge on any atom is -0.324 e. The molecule has 1 aromatic heterocycles. The lowest BCUT2D eigenvalue weighted by Crippen LogP contribution is -2.14. The summed E-state index contributed by atoms with van der Waals surface area (Å²) in [5.74, 6) is -0.279. The van der Waals surface area contributed by atoms with Crippen LogP contribution in [0.5, 0.6) is 0 Å². The molecule has 2 rings (SSSR count). The zero-order valence-corrected chi connectivity index (χ0v) is 11.9. The van der Waals surface area contributed by atoms with E-state index in [1.807, 2.05) is 0 Å². The van der Waals surface area contributed by atoms with Gasteiger partial charge in [-0.1, -0.05) is 23.7 Å². The van der Waals surface area contributed by atoms with Crippen LogP contribution in [0.25, 0.3) is 0 Å². The maximum atomic E-state index is 11.9. The minimum absolute atomic E-state index is 0.0377. The molecule has 0 radical (unpaired) electrons. The van der Waals surface area contributed by atoms with Gasteiger partial charge in [0.1, 0.15) is 5.15 Å². The number of hydrogen-bond acceptors (Lipinski definition) is 4. The van der Waals surface area contributed by atoms with Crippen molar-refractivity contribution in [1.82, 2.24) is 4.98 Å². The van der Waals surface area contributed by atoms with Crippen molar-refractivity contribution in [3.8, 4) is 0 Å². The Morgan fingerprint density at radius 2 is 2.19 bits per heavy atom. The average Bonchev–Trinajstić information content (AvgIpc) is 2.43. The molecule has 1 N–H and O–H groups in total.